The number of rotatable bonds is 7. The fourth-order valence-corrected chi connectivity index (χ4v) is 1.50. The summed E-state index contributed by atoms with van der Waals surface area (Å²) < 4.78 is 0. The van der Waals surface area contributed by atoms with E-state index >= 15 is 0 Å². The second-order valence-corrected chi connectivity index (χ2v) is 3.75. The number of aryl methyl sites for hydroxylation is 1. The van der Waals surface area contributed by atoms with E-state index < -0.39 is 6.10 Å². The lowest BCUT2D eigenvalue weighted by atomic mass is 10.1. The molecule has 1 amide bonds. The zero-order valence-electron chi connectivity index (χ0n) is 8.78. The molecule has 1 aromatic heterocycles. The third kappa shape index (κ3) is 5.22. The molecule has 0 aliphatic heterocycles. The molecule has 0 bridgehead atoms. The molecule has 1 aromatic rings. The smallest absolute Gasteiger partial charge is 0.217 e. The van der Waals surface area contributed by atoms with Gasteiger partial charge in [-0.05, 0) is 37.8 Å². The molecule has 0 spiro atoms. The highest BCUT2D eigenvalue weighted by molar-refractivity contribution is 5.73. The Morgan fingerprint density at radius 3 is 2.93 bits per heavy atom. The van der Waals surface area contributed by atoms with E-state index in [1.165, 1.54) is 5.69 Å². The molecule has 0 radical (unpaired) electrons. The monoisotopic (exact) mass is 210 g/mol. The lowest BCUT2D eigenvalue weighted by molar-refractivity contribution is -0.118. The van der Waals surface area contributed by atoms with E-state index in [4.69, 9.17) is 5.73 Å². The number of aromatic amines is 1. The Hall–Kier alpha value is -1.29. The minimum Gasteiger partial charge on any atom is -0.393 e. The normalized spacial score (nSPS) is 12.6. The number of aliphatic hydroxyl groups excluding tert-OH is 1. The van der Waals surface area contributed by atoms with E-state index in [0.717, 1.165) is 12.8 Å². The van der Waals surface area contributed by atoms with Crippen LogP contribution in [-0.4, -0.2) is 22.1 Å². The van der Waals surface area contributed by atoms with Crippen LogP contribution in [-0.2, 0) is 11.2 Å². The number of carbonyl (C=O) groups is 1. The summed E-state index contributed by atoms with van der Waals surface area (Å²) in [4.78, 5) is 13.6. The molecule has 1 rings (SSSR count). The van der Waals surface area contributed by atoms with Gasteiger partial charge < -0.3 is 15.8 Å². The van der Waals surface area contributed by atoms with Crippen LogP contribution in [0.1, 0.15) is 31.4 Å². The van der Waals surface area contributed by atoms with Gasteiger partial charge in [-0.15, -0.1) is 0 Å². The topological polar surface area (TPSA) is 79.1 Å². The number of carbonyl (C=O) groups excluding carboxylic acids is 1. The Morgan fingerprint density at radius 2 is 2.33 bits per heavy atom. The van der Waals surface area contributed by atoms with Crippen LogP contribution in [0.3, 0.4) is 0 Å². The summed E-state index contributed by atoms with van der Waals surface area (Å²) in [5.41, 5.74) is 6.17. The van der Waals surface area contributed by atoms with Crippen molar-refractivity contribution in [2.24, 2.45) is 5.73 Å². The second-order valence-electron chi connectivity index (χ2n) is 3.75. The first-order valence-electron chi connectivity index (χ1n) is 5.27. The molecule has 0 fully saturated rings. The third-order valence-electron chi connectivity index (χ3n) is 2.37. The van der Waals surface area contributed by atoms with Gasteiger partial charge in [0.2, 0.25) is 5.91 Å². The van der Waals surface area contributed by atoms with Crippen LogP contribution in [0.15, 0.2) is 18.3 Å². The van der Waals surface area contributed by atoms with Crippen molar-refractivity contribution < 1.29 is 9.90 Å². The van der Waals surface area contributed by atoms with Crippen LogP contribution >= 0.6 is 0 Å². The highest BCUT2D eigenvalue weighted by atomic mass is 16.3. The minimum absolute atomic E-state index is 0.268. The number of H-pyrrole nitrogens is 1. The standard InChI is InChI=1S/C11H18N2O2/c12-11(15)7-6-10(14)5-1-3-9-4-2-8-13-9/h2,4,8,10,13-14H,1,3,5-7H2,(H2,12,15). The van der Waals surface area contributed by atoms with Gasteiger partial charge in [0.15, 0.2) is 0 Å². The molecule has 84 valence electrons. The number of hydrogen-bond acceptors (Lipinski definition) is 2. The van der Waals surface area contributed by atoms with Crippen molar-refractivity contribution in [2.75, 3.05) is 0 Å². The molecular weight excluding hydrogens is 192 g/mol. The first kappa shape index (κ1) is 11.8. The van der Waals surface area contributed by atoms with Gasteiger partial charge in [0, 0.05) is 18.3 Å². The molecule has 4 N–H and O–H groups in total. The Bertz CT molecular complexity index is 283. The molecule has 0 aliphatic rings. The number of nitrogens with one attached hydrogen (secondary N) is 1. The average Bonchev–Trinajstić information content (AvgIpc) is 2.67. The molecule has 0 saturated carbocycles. The Morgan fingerprint density at radius 1 is 1.53 bits per heavy atom. The van der Waals surface area contributed by atoms with Crippen LogP contribution in [0.25, 0.3) is 0 Å². The summed E-state index contributed by atoms with van der Waals surface area (Å²) in [5.74, 6) is -0.349. The molecule has 1 atom stereocenters. The van der Waals surface area contributed by atoms with Crippen LogP contribution in [0.2, 0.25) is 0 Å². The maximum atomic E-state index is 10.5. The van der Waals surface area contributed by atoms with E-state index in [2.05, 4.69) is 4.98 Å². The molecule has 15 heavy (non-hydrogen) atoms. The van der Waals surface area contributed by atoms with E-state index in [1.807, 2.05) is 18.3 Å². The Labute approximate surface area is 89.5 Å². The molecule has 0 saturated heterocycles. The number of amides is 1. The predicted molar refractivity (Wildman–Crippen MR) is 58.2 cm³/mol. The highest BCUT2D eigenvalue weighted by Crippen LogP contribution is 2.08. The van der Waals surface area contributed by atoms with Gasteiger partial charge in [-0.1, -0.05) is 0 Å². The van der Waals surface area contributed by atoms with Gasteiger partial charge in [0.25, 0.3) is 0 Å². The van der Waals surface area contributed by atoms with Crippen LogP contribution in [0.4, 0.5) is 0 Å². The van der Waals surface area contributed by atoms with E-state index in [-0.39, 0.29) is 12.3 Å². The number of primary amides is 1. The van der Waals surface area contributed by atoms with Gasteiger partial charge in [-0.3, -0.25) is 4.79 Å². The lowest BCUT2D eigenvalue weighted by Crippen LogP contribution is -2.15. The number of aliphatic hydroxyl groups is 1. The van der Waals surface area contributed by atoms with Crippen LogP contribution in [0, 0.1) is 0 Å². The zero-order chi connectivity index (χ0) is 11.1. The average molecular weight is 210 g/mol. The van der Waals surface area contributed by atoms with Crippen molar-refractivity contribution in [3.05, 3.63) is 24.0 Å². The number of aromatic nitrogens is 1. The van der Waals surface area contributed by atoms with Gasteiger partial charge >= 0.3 is 0 Å². The quantitative estimate of drug-likeness (QED) is 0.626. The molecule has 0 aromatic carbocycles. The van der Waals surface area contributed by atoms with E-state index in [9.17, 15) is 9.90 Å². The SMILES string of the molecule is NC(=O)CCC(O)CCCc1ccc[nH]1. The summed E-state index contributed by atoms with van der Waals surface area (Å²) in [6, 6.07) is 3.98. The Balaban J connectivity index is 2.06. The molecule has 4 heteroatoms. The molecule has 1 heterocycles. The van der Waals surface area contributed by atoms with Gasteiger partial charge in [0.1, 0.15) is 0 Å². The summed E-state index contributed by atoms with van der Waals surface area (Å²) in [6.07, 6.45) is 4.78. The molecule has 4 nitrogen and oxygen atoms in total. The highest BCUT2D eigenvalue weighted by Gasteiger charge is 2.06. The largest absolute Gasteiger partial charge is 0.393 e. The lowest BCUT2D eigenvalue weighted by Gasteiger charge is -2.08. The maximum absolute atomic E-state index is 10.5. The van der Waals surface area contributed by atoms with Gasteiger partial charge in [-0.25, -0.2) is 0 Å². The zero-order valence-corrected chi connectivity index (χ0v) is 8.78. The van der Waals surface area contributed by atoms with Crippen LogP contribution in [0.5, 0.6) is 0 Å². The minimum atomic E-state index is -0.410. The molecule has 0 aliphatic carbocycles. The summed E-state index contributed by atoms with van der Waals surface area (Å²) in [5, 5.41) is 9.51. The van der Waals surface area contributed by atoms with Crippen molar-refractivity contribution in [1.82, 2.24) is 4.98 Å². The van der Waals surface area contributed by atoms with Crippen molar-refractivity contribution in [1.29, 1.82) is 0 Å². The van der Waals surface area contributed by atoms with E-state index in [1.54, 1.807) is 0 Å². The van der Waals surface area contributed by atoms with Crippen LogP contribution < -0.4 is 5.73 Å². The second kappa shape index (κ2) is 6.24. The fraction of sp³-hybridized carbons (Fsp3) is 0.545. The Kier molecular flexibility index (Phi) is 4.90. The van der Waals surface area contributed by atoms with Gasteiger partial charge in [-0.2, -0.15) is 0 Å². The van der Waals surface area contributed by atoms with Crippen molar-refractivity contribution >= 4 is 5.91 Å². The van der Waals surface area contributed by atoms with Gasteiger partial charge in [0.05, 0.1) is 6.10 Å². The molecular formula is C11H18N2O2. The first-order valence-corrected chi connectivity index (χ1v) is 5.27. The summed E-state index contributed by atoms with van der Waals surface area (Å²) in [6.45, 7) is 0. The predicted octanol–water partition coefficient (Wildman–Crippen LogP) is 0.964. The van der Waals surface area contributed by atoms with E-state index in [0.29, 0.717) is 12.8 Å². The van der Waals surface area contributed by atoms with Crippen molar-refractivity contribution in [2.45, 2.75) is 38.2 Å². The third-order valence-corrected chi connectivity index (χ3v) is 2.37. The fourth-order valence-electron chi connectivity index (χ4n) is 1.50. The first-order chi connectivity index (χ1) is 7.18. The number of nitrogens with two attached hydrogens (primary N) is 1. The summed E-state index contributed by atoms with van der Waals surface area (Å²) in [7, 11) is 0. The van der Waals surface area contributed by atoms with Crippen molar-refractivity contribution in [3.63, 3.8) is 0 Å². The number of hydrogen-bond donors (Lipinski definition) is 3. The molecule has 1 unspecified atom stereocenters. The van der Waals surface area contributed by atoms with Crippen molar-refractivity contribution in [3.8, 4) is 0 Å². The maximum Gasteiger partial charge on any atom is 0.217 e. The summed E-state index contributed by atoms with van der Waals surface area (Å²) >= 11 is 0.